The van der Waals surface area contributed by atoms with E-state index in [1.165, 1.54) is 6.26 Å². The molecule has 2 N–H and O–H groups in total. The molecule has 6 nitrogen and oxygen atoms in total. The highest BCUT2D eigenvalue weighted by Crippen LogP contribution is 2.64. The second-order valence-electron chi connectivity index (χ2n) is 7.63. The van der Waals surface area contributed by atoms with E-state index in [-0.39, 0.29) is 11.2 Å². The normalized spacial score (nSPS) is 20.4. The Labute approximate surface area is 147 Å². The Hall–Kier alpha value is -1.89. The fraction of sp³-hybridized carbons (Fsp3) is 0.556. The van der Waals surface area contributed by atoms with Crippen LogP contribution in [-0.4, -0.2) is 37.4 Å². The Morgan fingerprint density at radius 3 is 2.20 bits per heavy atom. The van der Waals surface area contributed by atoms with Gasteiger partial charge in [0.25, 0.3) is 0 Å². The SMILES string of the molecule is CS(=O)(=O)CCc1ccc(NC(=O)C2(C(=O)O)CC3(CCC3)C2)cc1. The van der Waals surface area contributed by atoms with Crippen molar-refractivity contribution in [2.75, 3.05) is 17.3 Å². The van der Waals surface area contributed by atoms with Gasteiger partial charge in [0, 0.05) is 11.9 Å². The van der Waals surface area contributed by atoms with Crippen LogP contribution >= 0.6 is 0 Å². The molecule has 2 fully saturated rings. The summed E-state index contributed by atoms with van der Waals surface area (Å²) in [5, 5.41) is 12.3. The molecule has 2 aliphatic carbocycles. The lowest BCUT2D eigenvalue weighted by Gasteiger charge is -2.58. The summed E-state index contributed by atoms with van der Waals surface area (Å²) in [6.45, 7) is 0. The molecule has 1 amide bonds. The third-order valence-corrected chi connectivity index (χ3v) is 6.53. The van der Waals surface area contributed by atoms with Gasteiger partial charge in [0.1, 0.15) is 15.3 Å². The van der Waals surface area contributed by atoms with Crippen molar-refractivity contribution in [3.8, 4) is 0 Å². The van der Waals surface area contributed by atoms with Crippen molar-refractivity contribution >= 4 is 27.4 Å². The molecule has 1 aromatic carbocycles. The van der Waals surface area contributed by atoms with E-state index in [9.17, 15) is 23.1 Å². The molecule has 1 aromatic rings. The summed E-state index contributed by atoms with van der Waals surface area (Å²) in [5.41, 5.74) is 0.150. The van der Waals surface area contributed by atoms with Gasteiger partial charge in [-0.25, -0.2) is 8.42 Å². The highest BCUT2D eigenvalue weighted by Gasteiger charge is 2.64. The van der Waals surface area contributed by atoms with Gasteiger partial charge in [-0.2, -0.15) is 0 Å². The Morgan fingerprint density at radius 2 is 1.76 bits per heavy atom. The molecule has 0 unspecified atom stereocenters. The van der Waals surface area contributed by atoms with E-state index in [1.54, 1.807) is 24.3 Å². The Balaban J connectivity index is 1.63. The van der Waals surface area contributed by atoms with Crippen molar-refractivity contribution in [1.29, 1.82) is 0 Å². The van der Waals surface area contributed by atoms with Crippen LogP contribution in [0.2, 0.25) is 0 Å². The van der Waals surface area contributed by atoms with Crippen LogP contribution in [0.1, 0.15) is 37.7 Å². The predicted octanol–water partition coefficient (Wildman–Crippen LogP) is 2.25. The average Bonchev–Trinajstić information content (AvgIpc) is 2.43. The number of hydrogen-bond acceptors (Lipinski definition) is 4. The zero-order valence-electron chi connectivity index (χ0n) is 14.2. The van der Waals surface area contributed by atoms with Crippen LogP contribution in [0, 0.1) is 10.8 Å². The highest BCUT2D eigenvalue weighted by atomic mass is 32.2. The third kappa shape index (κ3) is 3.56. The fourth-order valence-electron chi connectivity index (χ4n) is 3.98. The zero-order valence-corrected chi connectivity index (χ0v) is 15.1. The number of rotatable bonds is 6. The number of carboxylic acids is 1. The summed E-state index contributed by atoms with van der Waals surface area (Å²) in [5.74, 6) is -1.43. The Morgan fingerprint density at radius 1 is 1.16 bits per heavy atom. The van der Waals surface area contributed by atoms with Gasteiger partial charge in [-0.1, -0.05) is 18.6 Å². The first-order valence-corrected chi connectivity index (χ1v) is 10.5. The number of aryl methyl sites for hydroxylation is 1. The minimum atomic E-state index is -3.02. The van der Waals surface area contributed by atoms with E-state index in [1.807, 2.05) is 0 Å². The van der Waals surface area contributed by atoms with Gasteiger partial charge in [0.2, 0.25) is 5.91 Å². The molecule has 0 atom stereocenters. The molecule has 0 radical (unpaired) electrons. The lowest BCUT2D eigenvalue weighted by atomic mass is 9.45. The van der Waals surface area contributed by atoms with E-state index in [0.717, 1.165) is 24.8 Å². The molecule has 0 heterocycles. The van der Waals surface area contributed by atoms with E-state index < -0.39 is 27.1 Å². The summed E-state index contributed by atoms with van der Waals surface area (Å²) in [6, 6.07) is 6.87. The van der Waals surface area contributed by atoms with Gasteiger partial charge >= 0.3 is 5.97 Å². The molecule has 2 saturated carbocycles. The molecular formula is C18H23NO5S. The molecule has 2 aliphatic rings. The van der Waals surface area contributed by atoms with Gasteiger partial charge < -0.3 is 10.4 Å². The minimum Gasteiger partial charge on any atom is -0.480 e. The van der Waals surface area contributed by atoms with Crippen LogP contribution in [0.5, 0.6) is 0 Å². The van der Waals surface area contributed by atoms with Crippen molar-refractivity contribution in [2.24, 2.45) is 10.8 Å². The predicted molar refractivity (Wildman–Crippen MR) is 94.1 cm³/mol. The first-order chi connectivity index (χ1) is 11.6. The summed E-state index contributed by atoms with van der Waals surface area (Å²) in [7, 11) is -3.02. The van der Waals surface area contributed by atoms with Crippen LogP contribution in [0.4, 0.5) is 5.69 Å². The van der Waals surface area contributed by atoms with Crippen LogP contribution < -0.4 is 5.32 Å². The zero-order chi connectivity index (χ0) is 18.3. The largest absolute Gasteiger partial charge is 0.480 e. The van der Waals surface area contributed by atoms with Crippen molar-refractivity contribution < 1.29 is 23.1 Å². The molecule has 0 saturated heterocycles. The number of aliphatic carboxylic acids is 1. The first kappa shape index (κ1) is 17.9. The number of sulfone groups is 1. The van der Waals surface area contributed by atoms with Gasteiger partial charge in [0.15, 0.2) is 0 Å². The Bertz CT molecular complexity index is 785. The molecule has 3 rings (SSSR count). The van der Waals surface area contributed by atoms with Crippen molar-refractivity contribution in [2.45, 2.75) is 38.5 Å². The Kier molecular flexibility index (Phi) is 4.39. The van der Waals surface area contributed by atoms with Gasteiger partial charge in [0.05, 0.1) is 5.75 Å². The molecule has 25 heavy (non-hydrogen) atoms. The number of anilines is 1. The number of nitrogens with one attached hydrogen (secondary N) is 1. The van der Waals surface area contributed by atoms with Crippen molar-refractivity contribution in [3.05, 3.63) is 29.8 Å². The highest BCUT2D eigenvalue weighted by molar-refractivity contribution is 7.90. The van der Waals surface area contributed by atoms with Crippen molar-refractivity contribution in [1.82, 2.24) is 0 Å². The maximum atomic E-state index is 12.6. The van der Waals surface area contributed by atoms with Crippen LogP contribution in [-0.2, 0) is 25.8 Å². The summed E-state index contributed by atoms with van der Waals surface area (Å²) in [4.78, 5) is 24.2. The monoisotopic (exact) mass is 365 g/mol. The molecule has 0 bridgehead atoms. The van der Waals surface area contributed by atoms with Gasteiger partial charge in [-0.15, -0.1) is 0 Å². The lowest BCUT2D eigenvalue weighted by molar-refractivity contribution is -0.178. The van der Waals surface area contributed by atoms with Crippen LogP contribution in [0.25, 0.3) is 0 Å². The van der Waals surface area contributed by atoms with E-state index >= 15 is 0 Å². The third-order valence-electron chi connectivity index (χ3n) is 5.59. The summed E-state index contributed by atoms with van der Waals surface area (Å²) >= 11 is 0. The standard InChI is InChI=1S/C18H23NO5S/c1-25(23,24)10-7-13-3-5-14(6-4-13)19-15(20)18(16(21)22)11-17(12-18)8-2-9-17/h3-6H,2,7-12H2,1H3,(H,19,20)(H,21,22). The van der Waals surface area contributed by atoms with E-state index in [4.69, 9.17) is 0 Å². The van der Waals surface area contributed by atoms with Gasteiger partial charge in [-0.3, -0.25) is 9.59 Å². The molecule has 136 valence electrons. The quantitative estimate of drug-likeness (QED) is 0.753. The lowest BCUT2D eigenvalue weighted by Crippen LogP contribution is -2.59. The van der Waals surface area contributed by atoms with Crippen LogP contribution in [0.15, 0.2) is 24.3 Å². The summed E-state index contributed by atoms with van der Waals surface area (Å²) in [6.07, 6.45) is 5.61. The average molecular weight is 365 g/mol. The van der Waals surface area contributed by atoms with Crippen LogP contribution in [0.3, 0.4) is 0 Å². The maximum absolute atomic E-state index is 12.6. The van der Waals surface area contributed by atoms with E-state index in [2.05, 4.69) is 5.32 Å². The number of carbonyl (C=O) groups is 2. The fourth-order valence-corrected chi connectivity index (χ4v) is 4.58. The smallest absolute Gasteiger partial charge is 0.319 e. The number of hydrogen-bond donors (Lipinski definition) is 2. The molecule has 0 aliphatic heterocycles. The number of amides is 1. The van der Waals surface area contributed by atoms with Gasteiger partial charge in [-0.05, 0) is 55.2 Å². The second-order valence-corrected chi connectivity index (χ2v) is 9.89. The molecule has 7 heteroatoms. The topological polar surface area (TPSA) is 101 Å². The minimum absolute atomic E-state index is 0.0723. The number of carbonyl (C=O) groups excluding carboxylic acids is 1. The number of benzene rings is 1. The second kappa shape index (κ2) is 6.12. The van der Waals surface area contributed by atoms with E-state index in [0.29, 0.717) is 24.9 Å². The maximum Gasteiger partial charge on any atom is 0.319 e. The number of carboxylic acid groups (broad SMARTS) is 1. The molecule has 0 aromatic heterocycles. The first-order valence-electron chi connectivity index (χ1n) is 8.46. The summed E-state index contributed by atoms with van der Waals surface area (Å²) < 4.78 is 22.4. The van der Waals surface area contributed by atoms with Crippen molar-refractivity contribution in [3.63, 3.8) is 0 Å². The molecular weight excluding hydrogens is 342 g/mol. The molecule has 1 spiro atoms.